The van der Waals surface area contributed by atoms with Crippen LogP contribution in [-0.4, -0.2) is 41.1 Å². The second kappa shape index (κ2) is 5.45. The van der Waals surface area contributed by atoms with E-state index in [-0.39, 0.29) is 5.91 Å². The molecule has 0 radical (unpaired) electrons. The number of aromatic nitrogens is 2. The number of carbonyl (C=O) groups is 1. The third-order valence-electron chi connectivity index (χ3n) is 4.00. The minimum Gasteiger partial charge on any atom is -0.363 e. The lowest BCUT2D eigenvalue weighted by molar-refractivity contribution is 0.0634. The molecule has 0 aromatic carbocycles. The summed E-state index contributed by atoms with van der Waals surface area (Å²) in [7, 11) is 3.66. The van der Waals surface area contributed by atoms with Crippen LogP contribution in [0.5, 0.6) is 0 Å². The van der Waals surface area contributed by atoms with Gasteiger partial charge in [-0.25, -0.2) is 0 Å². The highest BCUT2D eigenvalue weighted by Crippen LogP contribution is 2.37. The van der Waals surface area contributed by atoms with Crippen LogP contribution in [0, 0.1) is 5.41 Å². The number of hydrogen-bond acceptors (Lipinski definition) is 5. The highest BCUT2D eigenvalue weighted by Gasteiger charge is 2.31. The number of amides is 1. The number of hydrogen-bond donors (Lipinski definition) is 1. The van der Waals surface area contributed by atoms with Crippen LogP contribution in [0.15, 0.2) is 0 Å². The van der Waals surface area contributed by atoms with E-state index in [4.69, 9.17) is 0 Å². The molecular weight excluding hydrogens is 260 g/mol. The summed E-state index contributed by atoms with van der Waals surface area (Å²) in [4.78, 5) is 14.2. The van der Waals surface area contributed by atoms with Crippen LogP contribution in [0.2, 0.25) is 0 Å². The standard InChI is InChI=1S/C13H22N4OS/c1-13(2)7-5-9(6-8-13)17(4)11(18)10-15-16-12(14-3)19-10/h9H,5-8H2,1-4H3,(H,14,16). The van der Waals surface area contributed by atoms with Crippen molar-refractivity contribution in [3.05, 3.63) is 5.01 Å². The third kappa shape index (κ3) is 3.23. The van der Waals surface area contributed by atoms with E-state index >= 15 is 0 Å². The first kappa shape index (κ1) is 14.2. The summed E-state index contributed by atoms with van der Waals surface area (Å²) in [6.07, 6.45) is 4.50. The Hall–Kier alpha value is -1.17. The zero-order chi connectivity index (χ0) is 14.0. The van der Waals surface area contributed by atoms with Gasteiger partial charge < -0.3 is 10.2 Å². The average Bonchev–Trinajstić information content (AvgIpc) is 2.86. The van der Waals surface area contributed by atoms with Crippen LogP contribution >= 0.6 is 11.3 Å². The lowest BCUT2D eigenvalue weighted by Gasteiger charge is -2.38. The molecule has 0 aliphatic heterocycles. The van der Waals surface area contributed by atoms with Gasteiger partial charge in [-0.15, -0.1) is 10.2 Å². The molecule has 1 fully saturated rings. The molecule has 1 aliphatic rings. The van der Waals surface area contributed by atoms with Gasteiger partial charge in [-0.05, 0) is 31.1 Å². The van der Waals surface area contributed by atoms with Gasteiger partial charge in [0.25, 0.3) is 5.91 Å². The van der Waals surface area contributed by atoms with Gasteiger partial charge in [0.05, 0.1) is 0 Å². The molecule has 106 valence electrons. The van der Waals surface area contributed by atoms with Crippen molar-refractivity contribution in [3.63, 3.8) is 0 Å². The van der Waals surface area contributed by atoms with Crippen molar-refractivity contribution in [2.75, 3.05) is 19.4 Å². The number of nitrogens with zero attached hydrogens (tertiary/aromatic N) is 3. The summed E-state index contributed by atoms with van der Waals surface area (Å²) in [6.45, 7) is 4.60. The Balaban J connectivity index is 1.99. The Morgan fingerprint density at radius 1 is 1.37 bits per heavy atom. The summed E-state index contributed by atoms with van der Waals surface area (Å²) >= 11 is 1.31. The summed E-state index contributed by atoms with van der Waals surface area (Å²) in [5.41, 5.74) is 0.419. The molecule has 1 aliphatic carbocycles. The zero-order valence-corrected chi connectivity index (χ0v) is 12.9. The molecule has 6 heteroatoms. The van der Waals surface area contributed by atoms with E-state index in [1.807, 2.05) is 11.9 Å². The second-order valence-corrected chi connectivity index (χ2v) is 6.95. The molecule has 1 heterocycles. The van der Waals surface area contributed by atoms with Crippen molar-refractivity contribution in [3.8, 4) is 0 Å². The smallest absolute Gasteiger partial charge is 0.284 e. The molecule has 2 rings (SSSR count). The summed E-state index contributed by atoms with van der Waals surface area (Å²) in [5.74, 6) is -0.0105. The predicted octanol–water partition coefficient (Wildman–Crippen LogP) is 2.62. The van der Waals surface area contributed by atoms with Gasteiger partial charge in [0.1, 0.15) is 0 Å². The summed E-state index contributed by atoms with van der Waals surface area (Å²) < 4.78 is 0. The van der Waals surface area contributed by atoms with E-state index in [0.29, 0.717) is 21.6 Å². The van der Waals surface area contributed by atoms with Gasteiger partial charge in [-0.2, -0.15) is 0 Å². The Morgan fingerprint density at radius 3 is 2.53 bits per heavy atom. The number of rotatable bonds is 3. The maximum atomic E-state index is 12.3. The Bertz CT molecular complexity index is 447. The molecule has 1 aromatic rings. The fraction of sp³-hybridized carbons (Fsp3) is 0.769. The number of carbonyl (C=O) groups excluding carboxylic acids is 1. The lowest BCUT2D eigenvalue weighted by atomic mass is 9.75. The van der Waals surface area contributed by atoms with E-state index in [1.54, 1.807) is 7.05 Å². The van der Waals surface area contributed by atoms with Crippen molar-refractivity contribution in [2.45, 2.75) is 45.6 Å². The normalized spacial score (nSPS) is 19.2. The fourth-order valence-corrected chi connectivity index (χ4v) is 3.18. The van der Waals surface area contributed by atoms with Crippen molar-refractivity contribution in [1.82, 2.24) is 15.1 Å². The molecular formula is C13H22N4OS. The van der Waals surface area contributed by atoms with Crippen LogP contribution in [-0.2, 0) is 0 Å². The van der Waals surface area contributed by atoms with E-state index in [9.17, 15) is 4.79 Å². The van der Waals surface area contributed by atoms with Gasteiger partial charge in [0, 0.05) is 20.1 Å². The Labute approximate surface area is 118 Å². The molecule has 1 saturated carbocycles. The SMILES string of the molecule is CNc1nnc(C(=O)N(C)C2CCC(C)(C)CC2)s1. The molecule has 19 heavy (non-hydrogen) atoms. The second-order valence-electron chi connectivity index (χ2n) is 5.97. The predicted molar refractivity (Wildman–Crippen MR) is 77.6 cm³/mol. The highest BCUT2D eigenvalue weighted by atomic mass is 32.1. The van der Waals surface area contributed by atoms with E-state index in [1.165, 1.54) is 24.2 Å². The number of nitrogens with one attached hydrogen (secondary N) is 1. The van der Waals surface area contributed by atoms with Crippen molar-refractivity contribution < 1.29 is 4.79 Å². The number of anilines is 1. The van der Waals surface area contributed by atoms with E-state index in [2.05, 4.69) is 29.4 Å². The monoisotopic (exact) mass is 282 g/mol. The molecule has 0 spiro atoms. The fourth-order valence-electron chi connectivity index (χ4n) is 2.50. The molecule has 0 atom stereocenters. The van der Waals surface area contributed by atoms with Crippen LogP contribution < -0.4 is 5.32 Å². The Kier molecular flexibility index (Phi) is 4.08. The topological polar surface area (TPSA) is 58.1 Å². The molecule has 1 aromatic heterocycles. The molecule has 1 amide bonds. The summed E-state index contributed by atoms with van der Waals surface area (Å²) in [5, 5.41) is 11.9. The van der Waals surface area contributed by atoms with Crippen LogP contribution in [0.4, 0.5) is 5.13 Å². The first-order valence-electron chi connectivity index (χ1n) is 6.71. The van der Waals surface area contributed by atoms with E-state index in [0.717, 1.165) is 12.8 Å². The van der Waals surface area contributed by atoms with Crippen molar-refractivity contribution in [1.29, 1.82) is 0 Å². The van der Waals surface area contributed by atoms with Crippen molar-refractivity contribution >= 4 is 22.4 Å². The quantitative estimate of drug-likeness (QED) is 0.926. The maximum Gasteiger partial charge on any atom is 0.284 e. The highest BCUT2D eigenvalue weighted by molar-refractivity contribution is 7.17. The molecule has 0 saturated heterocycles. The van der Waals surface area contributed by atoms with E-state index < -0.39 is 0 Å². The Morgan fingerprint density at radius 2 is 2.00 bits per heavy atom. The largest absolute Gasteiger partial charge is 0.363 e. The minimum atomic E-state index is -0.0105. The molecule has 0 bridgehead atoms. The first-order valence-corrected chi connectivity index (χ1v) is 7.53. The van der Waals surface area contributed by atoms with Gasteiger partial charge in [-0.3, -0.25) is 4.79 Å². The minimum absolute atomic E-state index is 0.0105. The maximum absolute atomic E-state index is 12.3. The zero-order valence-electron chi connectivity index (χ0n) is 12.1. The summed E-state index contributed by atoms with van der Waals surface area (Å²) in [6, 6.07) is 0.336. The van der Waals surface area contributed by atoms with Gasteiger partial charge in [-0.1, -0.05) is 25.2 Å². The molecule has 1 N–H and O–H groups in total. The lowest BCUT2D eigenvalue weighted by Crippen LogP contribution is -2.40. The van der Waals surface area contributed by atoms with Gasteiger partial charge in [0.2, 0.25) is 10.1 Å². The first-order chi connectivity index (χ1) is 8.93. The van der Waals surface area contributed by atoms with Crippen LogP contribution in [0.25, 0.3) is 0 Å². The van der Waals surface area contributed by atoms with Gasteiger partial charge >= 0.3 is 0 Å². The van der Waals surface area contributed by atoms with Gasteiger partial charge in [0.15, 0.2) is 0 Å². The molecule has 0 unspecified atom stereocenters. The van der Waals surface area contributed by atoms with Crippen LogP contribution in [0.1, 0.15) is 49.3 Å². The average molecular weight is 282 g/mol. The van der Waals surface area contributed by atoms with Crippen LogP contribution in [0.3, 0.4) is 0 Å². The molecule has 5 nitrogen and oxygen atoms in total. The van der Waals surface area contributed by atoms with Crippen molar-refractivity contribution in [2.24, 2.45) is 5.41 Å². The third-order valence-corrected chi connectivity index (χ3v) is 4.93.